The number of ether oxygens (including phenoxy) is 1. The number of nitro benzene ring substituents is 1. The van der Waals surface area contributed by atoms with Gasteiger partial charge in [0.15, 0.2) is 12.4 Å². The van der Waals surface area contributed by atoms with Gasteiger partial charge in [0.25, 0.3) is 5.91 Å². The molecule has 0 heterocycles. The summed E-state index contributed by atoms with van der Waals surface area (Å²) in [5.74, 6) is -0.270. The van der Waals surface area contributed by atoms with Crippen LogP contribution >= 0.6 is 0 Å². The summed E-state index contributed by atoms with van der Waals surface area (Å²) in [7, 11) is 1.55. The molecule has 0 N–H and O–H groups in total. The van der Waals surface area contributed by atoms with Crippen LogP contribution in [0.4, 0.5) is 5.69 Å². The molecule has 1 aromatic carbocycles. The summed E-state index contributed by atoms with van der Waals surface area (Å²) >= 11 is 0. The topological polar surface area (TPSA) is 96.5 Å². The van der Waals surface area contributed by atoms with Crippen LogP contribution in [0.25, 0.3) is 0 Å². The van der Waals surface area contributed by atoms with Crippen molar-refractivity contribution < 1.29 is 14.5 Å². The smallest absolute Gasteiger partial charge is 0.310 e. The third-order valence-corrected chi connectivity index (χ3v) is 2.65. The van der Waals surface area contributed by atoms with Crippen molar-refractivity contribution in [3.63, 3.8) is 0 Å². The predicted octanol–water partition coefficient (Wildman–Crippen LogP) is 1.65. The normalized spacial score (nSPS) is 9.65. The molecule has 0 saturated heterocycles. The third kappa shape index (κ3) is 4.24. The van der Waals surface area contributed by atoms with Crippen molar-refractivity contribution in [2.24, 2.45) is 0 Å². The molecule has 1 amide bonds. The average molecular weight is 277 g/mol. The summed E-state index contributed by atoms with van der Waals surface area (Å²) in [5.41, 5.74) is 0.624. The molecule has 0 aliphatic carbocycles. The molecule has 0 bridgehead atoms. The van der Waals surface area contributed by atoms with Crippen molar-refractivity contribution in [1.82, 2.24) is 4.90 Å². The largest absolute Gasteiger partial charge is 0.477 e. The van der Waals surface area contributed by atoms with Gasteiger partial charge in [0.05, 0.1) is 17.4 Å². The number of carbonyl (C=O) groups is 1. The van der Waals surface area contributed by atoms with E-state index >= 15 is 0 Å². The van der Waals surface area contributed by atoms with Crippen molar-refractivity contribution in [1.29, 1.82) is 5.26 Å². The number of nitrogens with zero attached hydrogens (tertiary/aromatic N) is 3. The number of nitro groups is 1. The van der Waals surface area contributed by atoms with Gasteiger partial charge in [-0.2, -0.15) is 5.26 Å². The molecular formula is C13H15N3O4. The van der Waals surface area contributed by atoms with Crippen LogP contribution in [0.1, 0.15) is 12.0 Å². The second-order valence-corrected chi connectivity index (χ2v) is 4.24. The minimum atomic E-state index is -0.557. The Labute approximate surface area is 116 Å². The lowest BCUT2D eigenvalue weighted by Crippen LogP contribution is -2.32. The Morgan fingerprint density at radius 3 is 2.85 bits per heavy atom. The Morgan fingerprint density at radius 1 is 1.55 bits per heavy atom. The van der Waals surface area contributed by atoms with Crippen LogP contribution in [-0.4, -0.2) is 35.9 Å². The van der Waals surface area contributed by atoms with E-state index < -0.39 is 4.92 Å². The summed E-state index contributed by atoms with van der Waals surface area (Å²) in [6.07, 6.45) is 0.229. The summed E-state index contributed by atoms with van der Waals surface area (Å²) in [6.45, 7) is 1.78. The fourth-order valence-electron chi connectivity index (χ4n) is 1.48. The summed E-state index contributed by atoms with van der Waals surface area (Å²) < 4.78 is 5.23. The van der Waals surface area contributed by atoms with Crippen LogP contribution in [0, 0.1) is 28.4 Å². The lowest BCUT2D eigenvalue weighted by molar-refractivity contribution is -0.385. The Bertz CT molecular complexity index is 551. The average Bonchev–Trinajstić information content (AvgIpc) is 2.41. The molecule has 20 heavy (non-hydrogen) atoms. The first-order valence-electron chi connectivity index (χ1n) is 5.94. The highest BCUT2D eigenvalue weighted by molar-refractivity contribution is 5.77. The molecule has 0 atom stereocenters. The number of likely N-dealkylation sites (N-methyl/N-ethyl adjacent to an activating group) is 1. The second kappa shape index (κ2) is 7.09. The zero-order valence-corrected chi connectivity index (χ0v) is 11.3. The molecule has 0 saturated carbocycles. The van der Waals surface area contributed by atoms with E-state index in [-0.39, 0.29) is 30.4 Å². The molecule has 7 heteroatoms. The maximum Gasteiger partial charge on any atom is 0.310 e. The third-order valence-electron chi connectivity index (χ3n) is 2.65. The fourth-order valence-corrected chi connectivity index (χ4v) is 1.48. The highest BCUT2D eigenvalue weighted by Crippen LogP contribution is 2.27. The Balaban J connectivity index is 2.70. The van der Waals surface area contributed by atoms with Crippen molar-refractivity contribution in [2.45, 2.75) is 13.3 Å². The van der Waals surface area contributed by atoms with E-state index in [9.17, 15) is 14.9 Å². The van der Waals surface area contributed by atoms with Gasteiger partial charge in [-0.05, 0) is 18.6 Å². The molecule has 0 aromatic heterocycles. The standard InChI is InChI=1S/C13H15N3O4/c1-10-4-5-11(16(18)19)12(8-10)20-9-13(17)15(2)7-3-6-14/h4-5,8H,3,7,9H2,1-2H3. The van der Waals surface area contributed by atoms with Gasteiger partial charge >= 0.3 is 5.69 Å². The monoisotopic (exact) mass is 277 g/mol. The quantitative estimate of drug-likeness (QED) is 0.581. The van der Waals surface area contributed by atoms with Gasteiger partial charge in [0.2, 0.25) is 0 Å². The van der Waals surface area contributed by atoms with E-state index in [1.807, 2.05) is 6.07 Å². The number of amides is 1. The Hall–Kier alpha value is -2.62. The van der Waals surface area contributed by atoms with Crippen molar-refractivity contribution in [2.75, 3.05) is 20.2 Å². The summed E-state index contributed by atoms with van der Waals surface area (Å²) in [4.78, 5) is 23.4. The van der Waals surface area contributed by atoms with Crippen LogP contribution in [-0.2, 0) is 4.79 Å². The number of rotatable bonds is 6. The van der Waals surface area contributed by atoms with E-state index in [1.165, 1.54) is 17.0 Å². The maximum absolute atomic E-state index is 11.7. The van der Waals surface area contributed by atoms with Gasteiger partial charge < -0.3 is 9.64 Å². The van der Waals surface area contributed by atoms with Crippen molar-refractivity contribution >= 4 is 11.6 Å². The molecule has 1 rings (SSSR count). The number of nitriles is 1. The van der Waals surface area contributed by atoms with Gasteiger partial charge in [-0.3, -0.25) is 14.9 Å². The molecule has 0 radical (unpaired) electrons. The molecule has 1 aromatic rings. The lowest BCUT2D eigenvalue weighted by atomic mass is 10.2. The number of hydrogen-bond acceptors (Lipinski definition) is 5. The van der Waals surface area contributed by atoms with Crippen LogP contribution < -0.4 is 4.74 Å². The molecular weight excluding hydrogens is 262 g/mol. The van der Waals surface area contributed by atoms with Crippen molar-refractivity contribution in [3.8, 4) is 11.8 Å². The van der Waals surface area contributed by atoms with E-state index in [4.69, 9.17) is 10.00 Å². The first kappa shape index (κ1) is 15.4. The van der Waals surface area contributed by atoms with Gasteiger partial charge in [-0.1, -0.05) is 6.07 Å². The molecule has 0 aliphatic rings. The number of hydrogen-bond donors (Lipinski definition) is 0. The minimum Gasteiger partial charge on any atom is -0.477 e. The minimum absolute atomic E-state index is 0.0667. The highest BCUT2D eigenvalue weighted by Gasteiger charge is 2.17. The lowest BCUT2D eigenvalue weighted by Gasteiger charge is -2.15. The zero-order chi connectivity index (χ0) is 15.1. The zero-order valence-electron chi connectivity index (χ0n) is 11.3. The molecule has 7 nitrogen and oxygen atoms in total. The molecule has 0 unspecified atom stereocenters. The van der Waals surface area contributed by atoms with E-state index in [0.717, 1.165) is 5.56 Å². The van der Waals surface area contributed by atoms with Gasteiger partial charge in [0.1, 0.15) is 0 Å². The van der Waals surface area contributed by atoms with Gasteiger partial charge in [-0.25, -0.2) is 0 Å². The van der Waals surface area contributed by atoms with Crippen molar-refractivity contribution in [3.05, 3.63) is 33.9 Å². The van der Waals surface area contributed by atoms with Crippen LogP contribution in [0.3, 0.4) is 0 Å². The second-order valence-electron chi connectivity index (χ2n) is 4.24. The molecule has 0 spiro atoms. The fraction of sp³-hybridized carbons (Fsp3) is 0.385. The summed E-state index contributed by atoms with van der Waals surface area (Å²) in [5, 5.41) is 19.3. The first-order chi connectivity index (χ1) is 9.45. The van der Waals surface area contributed by atoms with Crippen LogP contribution in [0.2, 0.25) is 0 Å². The predicted molar refractivity (Wildman–Crippen MR) is 71.2 cm³/mol. The van der Waals surface area contributed by atoms with E-state index in [1.54, 1.807) is 20.0 Å². The number of benzene rings is 1. The molecule has 0 aliphatic heterocycles. The van der Waals surface area contributed by atoms with Crippen LogP contribution in [0.5, 0.6) is 5.75 Å². The maximum atomic E-state index is 11.7. The molecule has 106 valence electrons. The van der Waals surface area contributed by atoms with Crippen LogP contribution in [0.15, 0.2) is 18.2 Å². The Morgan fingerprint density at radius 2 is 2.25 bits per heavy atom. The molecule has 0 fully saturated rings. The highest BCUT2D eigenvalue weighted by atomic mass is 16.6. The first-order valence-corrected chi connectivity index (χ1v) is 5.94. The number of carbonyl (C=O) groups excluding carboxylic acids is 1. The van der Waals surface area contributed by atoms with E-state index in [2.05, 4.69) is 0 Å². The SMILES string of the molecule is Cc1ccc([N+](=O)[O-])c(OCC(=O)N(C)CCC#N)c1. The Kier molecular flexibility index (Phi) is 5.47. The summed E-state index contributed by atoms with van der Waals surface area (Å²) in [6, 6.07) is 6.39. The number of aryl methyl sites for hydroxylation is 1. The van der Waals surface area contributed by atoms with Gasteiger partial charge in [0, 0.05) is 19.7 Å². The van der Waals surface area contributed by atoms with E-state index in [0.29, 0.717) is 6.54 Å². The van der Waals surface area contributed by atoms with Gasteiger partial charge in [-0.15, -0.1) is 0 Å².